The van der Waals surface area contributed by atoms with E-state index in [2.05, 4.69) is 15.6 Å². The monoisotopic (exact) mass is 553 g/mol. The van der Waals surface area contributed by atoms with Gasteiger partial charge in [0.05, 0.1) is 11.6 Å². The molecule has 1 aromatic carbocycles. The van der Waals surface area contributed by atoms with Gasteiger partial charge in [-0.3, -0.25) is 14.4 Å². The number of aromatic amines is 1. The Morgan fingerprint density at radius 1 is 1.26 bits per heavy atom. The summed E-state index contributed by atoms with van der Waals surface area (Å²) in [6.45, 7) is 0.379. The third-order valence-corrected chi connectivity index (χ3v) is 8.15. The lowest BCUT2D eigenvalue weighted by atomic mass is 9.90. The van der Waals surface area contributed by atoms with Gasteiger partial charge in [-0.25, -0.2) is 17.6 Å². The van der Waals surface area contributed by atoms with Crippen LogP contribution in [0.2, 0.25) is 5.02 Å². The van der Waals surface area contributed by atoms with Gasteiger partial charge in [-0.05, 0) is 37.2 Å². The van der Waals surface area contributed by atoms with Crippen molar-refractivity contribution in [3.63, 3.8) is 0 Å². The second-order valence-corrected chi connectivity index (χ2v) is 10.7. The molecule has 0 spiro atoms. The first-order valence-corrected chi connectivity index (χ1v) is 12.7. The van der Waals surface area contributed by atoms with Gasteiger partial charge in [-0.2, -0.15) is 5.26 Å². The third kappa shape index (κ3) is 4.68. The lowest BCUT2D eigenvalue weighted by Crippen LogP contribution is -2.52. The molecular weight excluding hydrogens is 530 g/mol. The van der Waals surface area contributed by atoms with Gasteiger partial charge in [0.2, 0.25) is 17.7 Å². The number of hydrogen-bond donors (Lipinski definition) is 3. The number of nitrogens with zero attached hydrogens (tertiary/aromatic N) is 2. The predicted octanol–water partition coefficient (Wildman–Crippen LogP) is 3.51. The summed E-state index contributed by atoms with van der Waals surface area (Å²) >= 11 is 5.92. The van der Waals surface area contributed by atoms with Crippen LogP contribution in [0.15, 0.2) is 12.1 Å². The van der Waals surface area contributed by atoms with Crippen LogP contribution in [0, 0.1) is 40.7 Å². The van der Waals surface area contributed by atoms with Crippen molar-refractivity contribution in [3.05, 3.63) is 34.5 Å². The van der Waals surface area contributed by atoms with Crippen LogP contribution < -0.4 is 10.6 Å². The number of fused-ring (bicyclic) bond motifs is 2. The predicted molar refractivity (Wildman–Crippen MR) is 127 cm³/mol. The Hall–Kier alpha value is -3.33. The minimum absolute atomic E-state index is 0.0460. The maximum atomic E-state index is 14.3. The summed E-state index contributed by atoms with van der Waals surface area (Å²) in [6.07, 6.45) is 0.203. The molecule has 3 fully saturated rings. The van der Waals surface area contributed by atoms with Crippen molar-refractivity contribution >= 4 is 40.2 Å². The Kier molecular flexibility index (Phi) is 6.75. The summed E-state index contributed by atoms with van der Waals surface area (Å²) in [7, 11) is 0. The van der Waals surface area contributed by atoms with Crippen molar-refractivity contribution in [2.45, 2.75) is 50.1 Å². The van der Waals surface area contributed by atoms with Crippen LogP contribution in [0.1, 0.15) is 42.6 Å². The van der Waals surface area contributed by atoms with Gasteiger partial charge in [0.15, 0.2) is 0 Å². The molecule has 1 aliphatic carbocycles. The highest BCUT2D eigenvalue weighted by molar-refractivity contribution is 6.35. The number of amides is 3. The number of benzene rings is 1. The van der Waals surface area contributed by atoms with Crippen molar-refractivity contribution in [1.29, 1.82) is 5.26 Å². The highest BCUT2D eigenvalue weighted by atomic mass is 35.5. The van der Waals surface area contributed by atoms with E-state index in [0.29, 0.717) is 19.0 Å². The van der Waals surface area contributed by atoms with E-state index in [0.717, 1.165) is 17.4 Å². The zero-order chi connectivity index (χ0) is 27.4. The fourth-order valence-electron chi connectivity index (χ4n) is 6.05. The van der Waals surface area contributed by atoms with E-state index in [4.69, 9.17) is 11.6 Å². The molecule has 0 unspecified atom stereocenters. The number of carbonyl (C=O) groups is 3. The van der Waals surface area contributed by atoms with Gasteiger partial charge >= 0.3 is 0 Å². The molecule has 0 radical (unpaired) electrons. The lowest BCUT2D eigenvalue weighted by molar-refractivity contribution is -0.129. The first-order chi connectivity index (χ1) is 18.0. The molecule has 3 heterocycles. The van der Waals surface area contributed by atoms with Crippen LogP contribution in [-0.2, 0) is 9.59 Å². The first kappa shape index (κ1) is 26.3. The molecule has 0 bridgehead atoms. The molecule has 2 aromatic rings. The average Bonchev–Trinajstić information content (AvgIpc) is 3.53. The number of nitriles is 1. The van der Waals surface area contributed by atoms with E-state index in [1.807, 2.05) is 6.07 Å². The third-order valence-electron chi connectivity index (χ3n) is 7.78. The van der Waals surface area contributed by atoms with Crippen molar-refractivity contribution < 1.29 is 31.9 Å². The standard InChI is InChI=1S/C25H24ClF4N5O3/c26-19-17(28)6-16(27)14-5-18(34-20(14)19)24(38)35-10-12-7-25(29,30)8-15(12)21(35)23(37)33-13(9-31)4-11-2-1-3-32-22(11)36/h5-6,11-13,15,21,34H,1-4,7-8,10H2,(H,32,36)(H,33,37)/t11-,12-,13-,15-,21-/m0/s1. The van der Waals surface area contributed by atoms with Gasteiger partial charge in [0.25, 0.3) is 5.91 Å². The Bertz CT molecular complexity index is 1360. The minimum atomic E-state index is -3.01. The summed E-state index contributed by atoms with van der Waals surface area (Å²) in [5.41, 5.74) is -0.332. The Balaban J connectivity index is 1.41. The second-order valence-electron chi connectivity index (χ2n) is 10.3. The topological polar surface area (TPSA) is 118 Å². The van der Waals surface area contributed by atoms with Crippen LogP contribution in [0.25, 0.3) is 10.9 Å². The highest BCUT2D eigenvalue weighted by Crippen LogP contribution is 2.50. The van der Waals surface area contributed by atoms with Gasteiger partial charge in [0, 0.05) is 43.3 Å². The molecule has 2 aliphatic heterocycles. The maximum absolute atomic E-state index is 14.3. The Morgan fingerprint density at radius 2 is 2.03 bits per heavy atom. The summed E-state index contributed by atoms with van der Waals surface area (Å²) in [5.74, 6) is -8.77. The quantitative estimate of drug-likeness (QED) is 0.388. The van der Waals surface area contributed by atoms with E-state index < -0.39 is 77.1 Å². The number of rotatable bonds is 5. The molecule has 3 N–H and O–H groups in total. The van der Waals surface area contributed by atoms with Crippen molar-refractivity contribution in [2.75, 3.05) is 13.1 Å². The SMILES string of the molecule is N#C[C@H](C[C@@H]1CCCNC1=O)NC(=O)[C@@H]1[C@H]2CC(F)(F)C[C@H]2CN1C(=O)c1cc2c(F)cc(F)c(Cl)c2[nH]1. The van der Waals surface area contributed by atoms with Crippen LogP contribution in [0.4, 0.5) is 17.6 Å². The number of hydrogen-bond acceptors (Lipinski definition) is 4. The Morgan fingerprint density at radius 3 is 2.74 bits per heavy atom. The fourth-order valence-corrected chi connectivity index (χ4v) is 6.25. The average molecular weight is 554 g/mol. The molecular formula is C25H24ClF4N5O3. The zero-order valence-electron chi connectivity index (χ0n) is 20.0. The number of nitrogens with one attached hydrogen (secondary N) is 3. The van der Waals surface area contributed by atoms with E-state index in [1.165, 1.54) is 0 Å². The number of piperidine rings is 1. The largest absolute Gasteiger partial charge is 0.356 e. The van der Waals surface area contributed by atoms with Crippen LogP contribution in [0.5, 0.6) is 0 Å². The number of halogens is 5. The van der Waals surface area contributed by atoms with Crippen LogP contribution in [-0.4, -0.2) is 58.7 Å². The van der Waals surface area contributed by atoms with E-state index in [1.54, 1.807) is 0 Å². The fraction of sp³-hybridized carbons (Fsp3) is 0.520. The lowest BCUT2D eigenvalue weighted by Gasteiger charge is -2.29. The summed E-state index contributed by atoms with van der Waals surface area (Å²) in [6, 6.07) is 1.28. The molecule has 3 aliphatic rings. The van der Waals surface area contributed by atoms with Crippen LogP contribution in [0.3, 0.4) is 0 Å². The number of aromatic nitrogens is 1. The number of likely N-dealkylation sites (tertiary alicyclic amines) is 1. The maximum Gasteiger partial charge on any atom is 0.271 e. The molecule has 5 atom stereocenters. The minimum Gasteiger partial charge on any atom is -0.356 e. The normalized spacial score (nSPS) is 27.1. The van der Waals surface area contributed by atoms with Gasteiger partial charge in [-0.1, -0.05) is 11.6 Å². The highest BCUT2D eigenvalue weighted by Gasteiger charge is 2.58. The number of carbonyl (C=O) groups excluding carboxylic acids is 3. The molecule has 1 saturated carbocycles. The molecule has 1 aromatic heterocycles. The first-order valence-electron chi connectivity index (χ1n) is 12.3. The van der Waals surface area contributed by atoms with Crippen molar-refractivity contribution in [2.24, 2.45) is 17.8 Å². The molecule has 38 heavy (non-hydrogen) atoms. The molecule has 5 rings (SSSR count). The van der Waals surface area contributed by atoms with Crippen molar-refractivity contribution in [1.82, 2.24) is 20.5 Å². The van der Waals surface area contributed by atoms with Crippen LogP contribution >= 0.6 is 11.6 Å². The van der Waals surface area contributed by atoms with Gasteiger partial charge < -0.3 is 20.5 Å². The Labute approximate surface area is 219 Å². The number of alkyl halides is 2. The molecule has 2 saturated heterocycles. The van der Waals surface area contributed by atoms with E-state index >= 15 is 0 Å². The van der Waals surface area contributed by atoms with Gasteiger partial charge in [0.1, 0.15) is 34.4 Å². The zero-order valence-corrected chi connectivity index (χ0v) is 20.8. The smallest absolute Gasteiger partial charge is 0.271 e. The van der Waals surface area contributed by atoms with Gasteiger partial charge in [-0.15, -0.1) is 0 Å². The molecule has 3 amide bonds. The van der Waals surface area contributed by atoms with E-state index in [9.17, 15) is 37.2 Å². The van der Waals surface area contributed by atoms with E-state index in [-0.39, 0.29) is 35.5 Å². The molecule has 13 heteroatoms. The number of H-pyrrole nitrogens is 1. The summed E-state index contributed by atoms with van der Waals surface area (Å²) < 4.78 is 56.8. The van der Waals surface area contributed by atoms with Crippen molar-refractivity contribution in [3.8, 4) is 6.07 Å². The second kappa shape index (κ2) is 9.76. The summed E-state index contributed by atoms with van der Waals surface area (Å²) in [5, 5.41) is 14.3. The molecule has 8 nitrogen and oxygen atoms in total. The molecule has 202 valence electrons. The summed E-state index contributed by atoms with van der Waals surface area (Å²) in [4.78, 5) is 42.8.